The second-order valence-electron chi connectivity index (χ2n) is 4.30. The molecule has 2 rings (SSSR count). The largest absolute Gasteiger partial charge is 0.339 e. The standard InChI is InChI=1S/C16H12Cl2FNO/c17-15(18)13(19)16(21)20-14(11-7-3-1-4-8-11)12-9-5-2-6-10-12/h1-10,14H,(H,20,21). The lowest BCUT2D eigenvalue weighted by atomic mass is 9.99. The molecule has 108 valence electrons. The van der Waals surface area contributed by atoms with Crippen molar-refractivity contribution in [2.24, 2.45) is 0 Å². The van der Waals surface area contributed by atoms with E-state index in [4.69, 9.17) is 23.2 Å². The van der Waals surface area contributed by atoms with Gasteiger partial charge in [0.15, 0.2) is 0 Å². The molecular formula is C16H12Cl2FNO. The smallest absolute Gasteiger partial charge is 0.283 e. The van der Waals surface area contributed by atoms with Gasteiger partial charge < -0.3 is 5.32 Å². The molecule has 0 fully saturated rings. The first-order chi connectivity index (χ1) is 10.1. The van der Waals surface area contributed by atoms with Crippen molar-refractivity contribution in [1.82, 2.24) is 5.32 Å². The lowest BCUT2D eigenvalue weighted by molar-refractivity contribution is -0.119. The Kier molecular flexibility index (Phi) is 5.37. The molecule has 0 aromatic heterocycles. The summed E-state index contributed by atoms with van der Waals surface area (Å²) in [6.45, 7) is 0. The zero-order valence-corrected chi connectivity index (χ0v) is 12.4. The van der Waals surface area contributed by atoms with E-state index in [1.165, 1.54) is 0 Å². The number of halogens is 3. The molecule has 0 heterocycles. The minimum absolute atomic E-state index is 0.488. The van der Waals surface area contributed by atoms with E-state index in [9.17, 15) is 9.18 Å². The van der Waals surface area contributed by atoms with Crippen molar-refractivity contribution in [3.63, 3.8) is 0 Å². The van der Waals surface area contributed by atoms with Gasteiger partial charge in [0.2, 0.25) is 5.83 Å². The highest BCUT2D eigenvalue weighted by atomic mass is 35.5. The number of benzene rings is 2. The van der Waals surface area contributed by atoms with Crippen molar-refractivity contribution in [1.29, 1.82) is 0 Å². The van der Waals surface area contributed by atoms with Crippen LogP contribution < -0.4 is 5.32 Å². The lowest BCUT2D eigenvalue weighted by Crippen LogP contribution is -2.29. The third kappa shape index (κ3) is 4.06. The van der Waals surface area contributed by atoms with Crippen LogP contribution in [0.2, 0.25) is 0 Å². The third-order valence-corrected chi connectivity index (χ3v) is 3.24. The van der Waals surface area contributed by atoms with Crippen molar-refractivity contribution in [2.75, 3.05) is 0 Å². The normalized spacial score (nSPS) is 10.3. The first-order valence-corrected chi connectivity index (χ1v) is 6.96. The zero-order valence-electron chi connectivity index (χ0n) is 10.9. The summed E-state index contributed by atoms with van der Waals surface area (Å²) in [7, 11) is 0. The highest BCUT2D eigenvalue weighted by Crippen LogP contribution is 2.23. The molecule has 0 saturated carbocycles. The number of hydrogen-bond acceptors (Lipinski definition) is 1. The van der Waals surface area contributed by atoms with E-state index in [1.807, 2.05) is 60.7 Å². The molecule has 0 spiro atoms. The molecule has 2 aromatic rings. The Labute approximate surface area is 132 Å². The summed E-state index contributed by atoms with van der Waals surface area (Å²) in [5, 5.41) is 2.59. The molecule has 21 heavy (non-hydrogen) atoms. The maximum Gasteiger partial charge on any atom is 0.283 e. The molecule has 0 radical (unpaired) electrons. The average molecular weight is 324 g/mol. The molecule has 0 aliphatic rings. The number of amides is 1. The second-order valence-corrected chi connectivity index (χ2v) is 5.25. The van der Waals surface area contributed by atoms with Crippen LogP contribution in [-0.4, -0.2) is 5.91 Å². The summed E-state index contributed by atoms with van der Waals surface area (Å²) >= 11 is 10.6. The van der Waals surface area contributed by atoms with Gasteiger partial charge in [-0.1, -0.05) is 83.9 Å². The predicted octanol–water partition coefficient (Wildman–Crippen LogP) is 4.51. The minimum Gasteiger partial charge on any atom is -0.339 e. The van der Waals surface area contributed by atoms with Crippen LogP contribution in [0, 0.1) is 0 Å². The number of rotatable bonds is 4. The van der Waals surface area contributed by atoms with E-state index >= 15 is 0 Å². The first kappa shape index (κ1) is 15.5. The van der Waals surface area contributed by atoms with Crippen molar-refractivity contribution in [3.05, 3.63) is 82.1 Å². The maximum absolute atomic E-state index is 13.5. The van der Waals surface area contributed by atoms with Gasteiger partial charge in [0.1, 0.15) is 4.49 Å². The van der Waals surface area contributed by atoms with Crippen LogP contribution in [0.3, 0.4) is 0 Å². The van der Waals surface area contributed by atoms with Crippen molar-refractivity contribution in [2.45, 2.75) is 6.04 Å². The van der Waals surface area contributed by atoms with E-state index in [2.05, 4.69) is 5.32 Å². The second kappa shape index (κ2) is 7.25. The molecule has 0 aliphatic carbocycles. The van der Waals surface area contributed by atoms with E-state index in [1.54, 1.807) is 0 Å². The van der Waals surface area contributed by atoms with Gasteiger partial charge in [-0.25, -0.2) is 0 Å². The number of nitrogens with one attached hydrogen (secondary N) is 1. The van der Waals surface area contributed by atoms with Gasteiger partial charge in [-0.05, 0) is 11.1 Å². The van der Waals surface area contributed by atoms with Gasteiger partial charge in [-0.2, -0.15) is 4.39 Å². The first-order valence-electron chi connectivity index (χ1n) is 6.21. The average Bonchev–Trinajstić information content (AvgIpc) is 2.53. The quantitative estimate of drug-likeness (QED) is 0.824. The van der Waals surface area contributed by atoms with Gasteiger partial charge in [0.25, 0.3) is 5.91 Å². The summed E-state index contributed by atoms with van der Waals surface area (Å²) in [5.74, 6) is -2.15. The number of hydrogen-bond donors (Lipinski definition) is 1. The van der Waals surface area contributed by atoms with Crippen molar-refractivity contribution in [3.8, 4) is 0 Å². The Morgan fingerprint density at radius 1 is 0.905 bits per heavy atom. The maximum atomic E-state index is 13.5. The third-order valence-electron chi connectivity index (χ3n) is 2.91. The lowest BCUT2D eigenvalue weighted by Gasteiger charge is -2.19. The molecule has 1 amide bonds. The topological polar surface area (TPSA) is 29.1 Å². The SMILES string of the molecule is O=C(NC(c1ccccc1)c1ccccc1)C(F)=C(Cl)Cl. The summed E-state index contributed by atoms with van der Waals surface area (Å²) in [5.41, 5.74) is 1.66. The van der Waals surface area contributed by atoms with Crippen molar-refractivity contribution >= 4 is 29.1 Å². The van der Waals surface area contributed by atoms with Crippen LogP contribution in [0.15, 0.2) is 71.0 Å². The van der Waals surface area contributed by atoms with Gasteiger partial charge in [-0.3, -0.25) is 4.79 Å². The van der Waals surface area contributed by atoms with Gasteiger partial charge in [-0.15, -0.1) is 0 Å². The monoisotopic (exact) mass is 323 g/mol. The van der Waals surface area contributed by atoms with Crippen LogP contribution in [0.4, 0.5) is 4.39 Å². The van der Waals surface area contributed by atoms with Crippen LogP contribution in [-0.2, 0) is 4.79 Å². The predicted molar refractivity (Wildman–Crippen MR) is 82.7 cm³/mol. The van der Waals surface area contributed by atoms with E-state index < -0.39 is 22.3 Å². The van der Waals surface area contributed by atoms with E-state index in [-0.39, 0.29) is 0 Å². The van der Waals surface area contributed by atoms with E-state index in [0.717, 1.165) is 11.1 Å². The summed E-state index contributed by atoms with van der Waals surface area (Å²) < 4.78 is 12.8. The van der Waals surface area contributed by atoms with Gasteiger partial charge in [0, 0.05) is 0 Å². The Morgan fingerprint density at radius 2 is 1.33 bits per heavy atom. The molecule has 0 atom stereocenters. The molecule has 1 N–H and O–H groups in total. The van der Waals surface area contributed by atoms with Crippen LogP contribution in [0.25, 0.3) is 0 Å². The van der Waals surface area contributed by atoms with E-state index in [0.29, 0.717) is 0 Å². The van der Waals surface area contributed by atoms with Crippen molar-refractivity contribution < 1.29 is 9.18 Å². The Hall–Kier alpha value is -1.84. The molecule has 5 heteroatoms. The zero-order chi connectivity index (χ0) is 15.2. The molecule has 0 unspecified atom stereocenters. The van der Waals surface area contributed by atoms with Crippen LogP contribution in [0.5, 0.6) is 0 Å². The summed E-state index contributed by atoms with van der Waals surface area (Å²) in [6, 6.07) is 18.0. The Morgan fingerprint density at radius 3 is 1.71 bits per heavy atom. The molecule has 2 nitrogen and oxygen atoms in total. The van der Waals surface area contributed by atoms with Crippen LogP contribution in [0.1, 0.15) is 17.2 Å². The van der Waals surface area contributed by atoms with Crippen LogP contribution >= 0.6 is 23.2 Å². The minimum atomic E-state index is -1.20. The molecule has 0 aliphatic heterocycles. The van der Waals surface area contributed by atoms with Gasteiger partial charge >= 0.3 is 0 Å². The fourth-order valence-electron chi connectivity index (χ4n) is 1.93. The Bertz CT molecular complexity index is 600. The van der Waals surface area contributed by atoms with Gasteiger partial charge in [0.05, 0.1) is 6.04 Å². The number of carbonyl (C=O) groups is 1. The highest BCUT2D eigenvalue weighted by Gasteiger charge is 2.20. The molecular weight excluding hydrogens is 312 g/mol. The summed E-state index contributed by atoms with van der Waals surface area (Å²) in [4.78, 5) is 11.8. The fourth-order valence-corrected chi connectivity index (χ4v) is 2.10. The Balaban J connectivity index is 2.35. The summed E-state index contributed by atoms with van der Waals surface area (Å²) in [6.07, 6.45) is 0. The number of carbonyl (C=O) groups excluding carboxylic acids is 1. The fraction of sp³-hybridized carbons (Fsp3) is 0.0625. The molecule has 0 bridgehead atoms. The highest BCUT2D eigenvalue weighted by molar-refractivity contribution is 6.57. The molecule has 2 aromatic carbocycles. The molecule has 0 saturated heterocycles.